The summed E-state index contributed by atoms with van der Waals surface area (Å²) >= 11 is 0. The summed E-state index contributed by atoms with van der Waals surface area (Å²) in [5.74, 6) is 0. The molecule has 0 unspecified atom stereocenters. The molecule has 1 aliphatic rings. The third kappa shape index (κ3) is 3.70. The number of nitrogens with zero attached hydrogens (tertiary/aromatic N) is 1. The fraction of sp³-hybridized carbons (Fsp3) is 0.600. The molecule has 1 fully saturated rings. The van der Waals surface area contributed by atoms with E-state index in [0.29, 0.717) is 17.8 Å². The quantitative estimate of drug-likeness (QED) is 0.503. The summed E-state index contributed by atoms with van der Waals surface area (Å²) in [4.78, 5) is 10.5. The van der Waals surface area contributed by atoms with Crippen molar-refractivity contribution in [2.24, 2.45) is 0 Å². The summed E-state index contributed by atoms with van der Waals surface area (Å²) in [5.41, 5.74) is 0.771. The van der Waals surface area contributed by atoms with Crippen molar-refractivity contribution in [2.45, 2.75) is 51.0 Å². The Hall–Kier alpha value is -1.62. The average Bonchev–Trinajstić information content (AvgIpc) is 2.63. The number of aryl methyl sites for hydroxylation is 1. The van der Waals surface area contributed by atoms with Gasteiger partial charge >= 0.3 is 0 Å². The highest BCUT2D eigenvalue weighted by Gasteiger charge is 2.27. The van der Waals surface area contributed by atoms with Gasteiger partial charge in [0.05, 0.1) is 10.5 Å². The van der Waals surface area contributed by atoms with Gasteiger partial charge in [-0.25, -0.2) is 0 Å². The van der Waals surface area contributed by atoms with E-state index < -0.39 is 5.60 Å². The molecule has 2 rings (SSSR count). The molecule has 0 aromatic heterocycles. The second-order valence-corrected chi connectivity index (χ2v) is 5.75. The van der Waals surface area contributed by atoms with E-state index in [9.17, 15) is 15.2 Å². The monoisotopic (exact) mass is 278 g/mol. The van der Waals surface area contributed by atoms with Gasteiger partial charge in [0.25, 0.3) is 5.69 Å². The van der Waals surface area contributed by atoms with Gasteiger partial charge in [0.1, 0.15) is 0 Å². The van der Waals surface area contributed by atoms with Crippen LogP contribution in [0.3, 0.4) is 0 Å². The van der Waals surface area contributed by atoms with Crippen molar-refractivity contribution < 1.29 is 10.0 Å². The maximum atomic E-state index is 10.9. The van der Waals surface area contributed by atoms with Gasteiger partial charge in [-0.1, -0.05) is 31.7 Å². The molecule has 0 radical (unpaired) electrons. The lowest BCUT2D eigenvalue weighted by Crippen LogP contribution is -2.36. The molecule has 0 aliphatic heterocycles. The topological polar surface area (TPSA) is 75.4 Å². The number of nitrogens with one attached hydrogen (secondary N) is 1. The number of nitro groups is 1. The SMILES string of the molecule is Cc1ccc(NCC2(O)CCCCCC2)cc1[N+](=O)[O-]. The fourth-order valence-electron chi connectivity index (χ4n) is 2.75. The molecule has 0 bridgehead atoms. The standard InChI is InChI=1S/C15H22N2O3/c1-12-6-7-13(10-14(12)17(19)20)16-11-15(18)8-4-2-3-5-9-15/h6-7,10,16,18H,2-5,8-9,11H2,1H3. The van der Waals surface area contributed by atoms with Crippen molar-refractivity contribution in [1.82, 2.24) is 0 Å². The van der Waals surface area contributed by atoms with E-state index in [1.807, 2.05) is 6.07 Å². The number of hydrogen-bond acceptors (Lipinski definition) is 4. The first-order chi connectivity index (χ1) is 9.50. The summed E-state index contributed by atoms with van der Waals surface area (Å²) in [6.07, 6.45) is 6.05. The van der Waals surface area contributed by atoms with Crippen molar-refractivity contribution in [2.75, 3.05) is 11.9 Å². The van der Waals surface area contributed by atoms with E-state index in [1.165, 1.54) is 18.9 Å². The molecule has 1 aromatic rings. The minimum absolute atomic E-state index is 0.114. The molecule has 20 heavy (non-hydrogen) atoms. The second-order valence-electron chi connectivity index (χ2n) is 5.75. The predicted octanol–water partition coefficient (Wildman–Crippen LogP) is 3.40. The van der Waals surface area contributed by atoms with Crippen molar-refractivity contribution in [3.63, 3.8) is 0 Å². The molecule has 110 valence electrons. The highest BCUT2D eigenvalue weighted by molar-refractivity contribution is 5.55. The molecule has 0 saturated heterocycles. The Kier molecular flexibility index (Phi) is 4.60. The van der Waals surface area contributed by atoms with E-state index in [1.54, 1.807) is 13.0 Å². The minimum atomic E-state index is -0.684. The van der Waals surface area contributed by atoms with E-state index in [4.69, 9.17) is 0 Å². The molecule has 2 N–H and O–H groups in total. The third-order valence-corrected chi connectivity index (χ3v) is 4.06. The lowest BCUT2D eigenvalue weighted by Gasteiger charge is -2.27. The molecule has 1 aliphatic carbocycles. The first-order valence-electron chi connectivity index (χ1n) is 7.21. The number of anilines is 1. The number of hydrogen-bond donors (Lipinski definition) is 2. The van der Waals surface area contributed by atoms with Gasteiger partial charge in [-0.2, -0.15) is 0 Å². The molecule has 0 spiro atoms. The number of rotatable bonds is 4. The van der Waals surface area contributed by atoms with Crippen LogP contribution < -0.4 is 5.32 Å². The van der Waals surface area contributed by atoms with Gasteiger partial charge in [0.2, 0.25) is 0 Å². The molecular weight excluding hydrogens is 256 g/mol. The zero-order valence-electron chi connectivity index (χ0n) is 11.9. The third-order valence-electron chi connectivity index (χ3n) is 4.06. The van der Waals surface area contributed by atoms with E-state index in [2.05, 4.69) is 5.32 Å². The van der Waals surface area contributed by atoms with Crippen molar-refractivity contribution in [3.05, 3.63) is 33.9 Å². The zero-order chi connectivity index (χ0) is 14.6. The van der Waals surface area contributed by atoms with Crippen molar-refractivity contribution in [1.29, 1.82) is 0 Å². The molecular formula is C15H22N2O3. The Morgan fingerprint density at radius 2 is 1.95 bits per heavy atom. The highest BCUT2D eigenvalue weighted by atomic mass is 16.6. The van der Waals surface area contributed by atoms with E-state index in [-0.39, 0.29) is 10.6 Å². The maximum Gasteiger partial charge on any atom is 0.274 e. The fourth-order valence-corrected chi connectivity index (χ4v) is 2.75. The van der Waals surface area contributed by atoms with Crippen LogP contribution in [0.4, 0.5) is 11.4 Å². The van der Waals surface area contributed by atoms with Gasteiger partial charge in [-0.15, -0.1) is 0 Å². The Balaban J connectivity index is 2.03. The Morgan fingerprint density at radius 1 is 1.30 bits per heavy atom. The van der Waals surface area contributed by atoms with Crippen LogP contribution in [0.2, 0.25) is 0 Å². The molecule has 5 nitrogen and oxygen atoms in total. The maximum absolute atomic E-state index is 10.9. The summed E-state index contributed by atoms with van der Waals surface area (Å²) < 4.78 is 0. The summed E-state index contributed by atoms with van der Waals surface area (Å²) in [6.45, 7) is 2.17. The van der Waals surface area contributed by atoms with Crippen LogP contribution >= 0.6 is 0 Å². The zero-order valence-corrected chi connectivity index (χ0v) is 11.9. The highest BCUT2D eigenvalue weighted by Crippen LogP contribution is 2.28. The smallest absolute Gasteiger partial charge is 0.274 e. The van der Waals surface area contributed by atoms with Crippen molar-refractivity contribution in [3.8, 4) is 0 Å². The van der Waals surface area contributed by atoms with Crippen LogP contribution in [-0.2, 0) is 0 Å². The van der Waals surface area contributed by atoms with Crippen LogP contribution in [0.15, 0.2) is 18.2 Å². The van der Waals surface area contributed by atoms with Crippen LogP contribution in [0.1, 0.15) is 44.1 Å². The largest absolute Gasteiger partial charge is 0.388 e. The Morgan fingerprint density at radius 3 is 2.55 bits per heavy atom. The number of aliphatic hydroxyl groups is 1. The number of nitro benzene ring substituents is 1. The lowest BCUT2D eigenvalue weighted by atomic mass is 9.94. The average molecular weight is 278 g/mol. The molecule has 1 saturated carbocycles. The van der Waals surface area contributed by atoms with Gasteiger partial charge < -0.3 is 10.4 Å². The summed E-state index contributed by atoms with van der Waals surface area (Å²) in [5, 5.41) is 24.6. The second kappa shape index (κ2) is 6.22. The van der Waals surface area contributed by atoms with Crippen LogP contribution in [-0.4, -0.2) is 22.2 Å². The van der Waals surface area contributed by atoms with Crippen molar-refractivity contribution >= 4 is 11.4 Å². The molecule has 0 heterocycles. The van der Waals surface area contributed by atoms with Crippen LogP contribution in [0.25, 0.3) is 0 Å². The van der Waals surface area contributed by atoms with Gasteiger partial charge in [0.15, 0.2) is 0 Å². The minimum Gasteiger partial charge on any atom is -0.388 e. The summed E-state index contributed by atoms with van der Waals surface area (Å²) in [6, 6.07) is 5.09. The first-order valence-corrected chi connectivity index (χ1v) is 7.21. The number of benzene rings is 1. The Bertz CT molecular complexity index is 480. The Labute approximate surface area is 119 Å². The van der Waals surface area contributed by atoms with Gasteiger partial charge in [0, 0.05) is 23.9 Å². The van der Waals surface area contributed by atoms with Crippen LogP contribution in [0, 0.1) is 17.0 Å². The summed E-state index contributed by atoms with van der Waals surface area (Å²) in [7, 11) is 0. The predicted molar refractivity (Wildman–Crippen MR) is 79.0 cm³/mol. The van der Waals surface area contributed by atoms with E-state index in [0.717, 1.165) is 25.7 Å². The normalized spacial score (nSPS) is 18.3. The molecule has 5 heteroatoms. The van der Waals surface area contributed by atoms with Crippen LogP contribution in [0.5, 0.6) is 0 Å². The van der Waals surface area contributed by atoms with E-state index >= 15 is 0 Å². The first kappa shape index (κ1) is 14.8. The molecule has 0 amide bonds. The lowest BCUT2D eigenvalue weighted by molar-refractivity contribution is -0.385. The molecule has 1 aromatic carbocycles. The van der Waals surface area contributed by atoms with Gasteiger partial charge in [-0.05, 0) is 25.8 Å². The van der Waals surface area contributed by atoms with Gasteiger partial charge in [-0.3, -0.25) is 10.1 Å². The molecule has 0 atom stereocenters.